The summed E-state index contributed by atoms with van der Waals surface area (Å²) in [4.78, 5) is 14.4. The predicted octanol–water partition coefficient (Wildman–Crippen LogP) is 2.81. The van der Waals surface area contributed by atoms with Crippen LogP contribution in [0.4, 0.5) is 17.3 Å². The van der Waals surface area contributed by atoms with Crippen molar-refractivity contribution in [2.45, 2.75) is 32.6 Å². The van der Waals surface area contributed by atoms with E-state index in [9.17, 15) is 10.1 Å². The van der Waals surface area contributed by atoms with Crippen molar-refractivity contribution in [1.82, 2.24) is 4.98 Å². The Bertz CT molecular complexity index is 456. The zero-order chi connectivity index (χ0) is 13.8. The van der Waals surface area contributed by atoms with Crippen LogP contribution in [0.15, 0.2) is 12.1 Å². The summed E-state index contributed by atoms with van der Waals surface area (Å²) in [6.07, 6.45) is 4.94. The molecule has 0 aromatic carbocycles. The summed E-state index contributed by atoms with van der Waals surface area (Å²) in [7, 11) is 0. The van der Waals surface area contributed by atoms with Gasteiger partial charge in [0.25, 0.3) is 5.69 Å². The number of nitrogen functional groups attached to an aromatic ring is 1. The van der Waals surface area contributed by atoms with E-state index in [1.165, 1.54) is 37.8 Å². The van der Waals surface area contributed by atoms with Gasteiger partial charge in [-0.2, -0.15) is 0 Å². The van der Waals surface area contributed by atoms with Crippen LogP contribution in [0.5, 0.6) is 0 Å². The fourth-order valence-electron chi connectivity index (χ4n) is 2.52. The highest BCUT2D eigenvalue weighted by Gasteiger charge is 2.18. The van der Waals surface area contributed by atoms with Gasteiger partial charge in [-0.25, -0.2) is 4.98 Å². The van der Waals surface area contributed by atoms with E-state index in [4.69, 9.17) is 5.73 Å². The summed E-state index contributed by atoms with van der Waals surface area (Å²) in [6, 6.07) is 2.70. The first-order valence-electron chi connectivity index (χ1n) is 6.70. The lowest BCUT2D eigenvalue weighted by Gasteiger charge is -2.26. The smallest absolute Gasteiger partial charge is 0.276 e. The second-order valence-corrected chi connectivity index (χ2v) is 5.40. The van der Waals surface area contributed by atoms with Crippen LogP contribution in [0.25, 0.3) is 0 Å². The molecule has 6 heteroatoms. The van der Waals surface area contributed by atoms with Crippen LogP contribution in [0.1, 0.15) is 32.6 Å². The molecule has 0 aliphatic heterocycles. The van der Waals surface area contributed by atoms with Crippen molar-refractivity contribution in [1.29, 1.82) is 0 Å². The minimum absolute atomic E-state index is 0.0210. The molecule has 0 amide bonds. The molecule has 1 aliphatic carbocycles. The number of nitrogens with one attached hydrogen (secondary N) is 1. The topological polar surface area (TPSA) is 94.1 Å². The third-order valence-electron chi connectivity index (χ3n) is 3.75. The van der Waals surface area contributed by atoms with Gasteiger partial charge in [-0.1, -0.05) is 19.8 Å². The van der Waals surface area contributed by atoms with Gasteiger partial charge in [-0.3, -0.25) is 10.1 Å². The third kappa shape index (κ3) is 3.81. The molecule has 0 saturated heterocycles. The molecule has 1 fully saturated rings. The fourth-order valence-corrected chi connectivity index (χ4v) is 2.52. The van der Waals surface area contributed by atoms with Crippen molar-refractivity contribution in [3.63, 3.8) is 0 Å². The van der Waals surface area contributed by atoms with Crippen molar-refractivity contribution in [2.75, 3.05) is 17.6 Å². The molecule has 1 saturated carbocycles. The lowest BCUT2D eigenvalue weighted by molar-refractivity contribution is -0.384. The van der Waals surface area contributed by atoms with E-state index < -0.39 is 4.92 Å². The number of aromatic nitrogens is 1. The highest BCUT2D eigenvalue weighted by atomic mass is 16.6. The molecule has 104 valence electrons. The standard InChI is InChI=1S/C13H20N4O2/c1-9-2-4-10(5-3-9)8-15-13-7-11(17(18)19)6-12(14)16-13/h6-7,9-10H,2-5,8H2,1H3,(H3,14,15,16). The van der Waals surface area contributed by atoms with Crippen molar-refractivity contribution < 1.29 is 4.92 Å². The predicted molar refractivity (Wildman–Crippen MR) is 74.9 cm³/mol. The first kappa shape index (κ1) is 13.6. The van der Waals surface area contributed by atoms with E-state index in [1.807, 2.05) is 0 Å². The van der Waals surface area contributed by atoms with Crippen LogP contribution in [-0.2, 0) is 0 Å². The molecule has 0 spiro atoms. The molecule has 1 aliphatic rings. The molecule has 1 heterocycles. The summed E-state index contributed by atoms with van der Waals surface area (Å²) in [5, 5.41) is 13.9. The number of anilines is 2. The minimum atomic E-state index is -0.453. The van der Waals surface area contributed by atoms with Gasteiger partial charge in [0, 0.05) is 6.54 Å². The number of nitro groups is 1. The molecule has 0 radical (unpaired) electrons. The molecule has 0 atom stereocenters. The van der Waals surface area contributed by atoms with Crippen LogP contribution in [0, 0.1) is 22.0 Å². The molecule has 3 N–H and O–H groups in total. The molecule has 0 bridgehead atoms. The molecule has 2 rings (SSSR count). The quantitative estimate of drug-likeness (QED) is 0.644. The van der Waals surface area contributed by atoms with Gasteiger partial charge in [0.05, 0.1) is 17.1 Å². The Hall–Kier alpha value is -1.85. The molecule has 1 aromatic heterocycles. The molecule has 1 aromatic rings. The average Bonchev–Trinajstić information content (AvgIpc) is 2.37. The van der Waals surface area contributed by atoms with E-state index in [0.717, 1.165) is 12.5 Å². The molecule has 6 nitrogen and oxygen atoms in total. The number of hydrogen-bond acceptors (Lipinski definition) is 5. The Kier molecular flexibility index (Phi) is 4.19. The second-order valence-electron chi connectivity index (χ2n) is 5.40. The van der Waals surface area contributed by atoms with Crippen molar-refractivity contribution in [3.05, 3.63) is 22.2 Å². The summed E-state index contributed by atoms with van der Waals surface area (Å²) < 4.78 is 0. The SMILES string of the molecule is CC1CCC(CNc2cc([N+](=O)[O-])cc(N)n2)CC1. The Balaban J connectivity index is 1.94. The van der Waals surface area contributed by atoms with Gasteiger partial charge in [-0.05, 0) is 24.7 Å². The molecule has 0 unspecified atom stereocenters. The van der Waals surface area contributed by atoms with Crippen LogP contribution in [-0.4, -0.2) is 16.5 Å². The van der Waals surface area contributed by atoms with Crippen LogP contribution < -0.4 is 11.1 Å². The van der Waals surface area contributed by atoms with Gasteiger partial charge in [-0.15, -0.1) is 0 Å². The lowest BCUT2D eigenvalue weighted by Crippen LogP contribution is -2.20. The van der Waals surface area contributed by atoms with Crippen LogP contribution >= 0.6 is 0 Å². The highest BCUT2D eigenvalue weighted by molar-refractivity contribution is 5.52. The Morgan fingerprint density at radius 2 is 2.11 bits per heavy atom. The van der Waals surface area contributed by atoms with Crippen molar-refractivity contribution >= 4 is 17.3 Å². The Morgan fingerprint density at radius 3 is 2.74 bits per heavy atom. The summed E-state index contributed by atoms with van der Waals surface area (Å²) >= 11 is 0. The van der Waals surface area contributed by atoms with E-state index >= 15 is 0 Å². The minimum Gasteiger partial charge on any atom is -0.383 e. The first-order valence-corrected chi connectivity index (χ1v) is 6.70. The largest absolute Gasteiger partial charge is 0.383 e. The Morgan fingerprint density at radius 1 is 1.42 bits per heavy atom. The van der Waals surface area contributed by atoms with Crippen LogP contribution in [0.3, 0.4) is 0 Å². The van der Waals surface area contributed by atoms with Crippen molar-refractivity contribution in [3.8, 4) is 0 Å². The summed E-state index contributed by atoms with van der Waals surface area (Å²) in [6.45, 7) is 3.09. The highest BCUT2D eigenvalue weighted by Crippen LogP contribution is 2.28. The normalized spacial score (nSPS) is 23.0. The van der Waals surface area contributed by atoms with E-state index in [1.54, 1.807) is 0 Å². The van der Waals surface area contributed by atoms with Gasteiger partial charge in [0.1, 0.15) is 11.6 Å². The van der Waals surface area contributed by atoms with Crippen molar-refractivity contribution in [2.24, 2.45) is 11.8 Å². The number of rotatable bonds is 4. The maximum Gasteiger partial charge on any atom is 0.276 e. The van der Waals surface area contributed by atoms with Gasteiger partial charge in [0.2, 0.25) is 0 Å². The van der Waals surface area contributed by atoms with Crippen LogP contribution in [0.2, 0.25) is 0 Å². The fraction of sp³-hybridized carbons (Fsp3) is 0.615. The van der Waals surface area contributed by atoms with E-state index in [2.05, 4.69) is 17.2 Å². The summed E-state index contributed by atoms with van der Waals surface area (Å²) in [5.41, 5.74) is 5.55. The number of pyridine rings is 1. The number of hydrogen-bond donors (Lipinski definition) is 2. The van der Waals surface area contributed by atoms with Gasteiger partial charge >= 0.3 is 0 Å². The average molecular weight is 264 g/mol. The monoisotopic (exact) mass is 264 g/mol. The van der Waals surface area contributed by atoms with E-state index in [0.29, 0.717) is 11.7 Å². The maximum atomic E-state index is 10.7. The Labute approximate surface area is 112 Å². The molecular formula is C13H20N4O2. The molecule has 19 heavy (non-hydrogen) atoms. The van der Waals surface area contributed by atoms with Gasteiger partial charge < -0.3 is 11.1 Å². The second kappa shape index (κ2) is 5.86. The van der Waals surface area contributed by atoms with E-state index in [-0.39, 0.29) is 11.5 Å². The zero-order valence-electron chi connectivity index (χ0n) is 11.1. The maximum absolute atomic E-state index is 10.7. The third-order valence-corrected chi connectivity index (χ3v) is 3.75. The zero-order valence-corrected chi connectivity index (χ0v) is 11.1. The molecular weight excluding hydrogens is 244 g/mol. The summed E-state index contributed by atoms with van der Waals surface area (Å²) in [5.74, 6) is 2.11. The first-order chi connectivity index (χ1) is 9.04. The number of nitrogens with two attached hydrogens (primary N) is 1. The number of nitrogens with zero attached hydrogens (tertiary/aromatic N) is 2. The van der Waals surface area contributed by atoms with Gasteiger partial charge in [0.15, 0.2) is 0 Å². The lowest BCUT2D eigenvalue weighted by atomic mass is 9.83.